The molecule has 0 spiro atoms. The van der Waals surface area contributed by atoms with Crippen LogP contribution in [0.4, 0.5) is 0 Å². The Kier molecular flexibility index (Phi) is 10.2. The molecule has 3 aromatic rings. The molecule has 4 rings (SSSR count). The van der Waals surface area contributed by atoms with Gasteiger partial charge in [0.2, 0.25) is 0 Å². The van der Waals surface area contributed by atoms with E-state index in [4.69, 9.17) is 11.2 Å². The number of benzene rings is 3. The minimum absolute atomic E-state index is 0.474. The van der Waals surface area contributed by atoms with Crippen LogP contribution < -0.4 is 4.74 Å². The molecule has 0 bridgehead atoms. The van der Waals surface area contributed by atoms with E-state index in [0.717, 1.165) is 77.8 Å². The number of nitriles is 1. The lowest BCUT2D eigenvalue weighted by molar-refractivity contribution is -0.144. The number of carboxylic acids is 1. The Bertz CT molecular complexity index is 1430. The van der Waals surface area contributed by atoms with Crippen molar-refractivity contribution in [3.8, 4) is 35.3 Å². The van der Waals surface area contributed by atoms with E-state index >= 15 is 0 Å². The minimum atomic E-state index is -0.765. The highest BCUT2D eigenvalue weighted by Crippen LogP contribution is 2.31. The van der Waals surface area contributed by atoms with Crippen molar-refractivity contribution in [2.45, 2.75) is 58.0 Å². The molecule has 0 saturated carbocycles. The van der Waals surface area contributed by atoms with Gasteiger partial charge in [0.1, 0.15) is 17.9 Å². The quantitative estimate of drug-likeness (QED) is 0.159. The summed E-state index contributed by atoms with van der Waals surface area (Å²) in [7, 11) is 0. The molecule has 0 aromatic heterocycles. The van der Waals surface area contributed by atoms with Crippen LogP contribution in [0.25, 0.3) is 23.3 Å². The Hall–Kier alpha value is -4.32. The number of rotatable bonds is 11. The second-order valence-corrected chi connectivity index (χ2v) is 10.2. The normalized spacial score (nSPS) is 15.4. The number of likely N-dealkylation sites (tertiary alicyclic amines) is 1. The van der Waals surface area contributed by atoms with Crippen LogP contribution in [-0.2, 0) is 11.3 Å². The van der Waals surface area contributed by atoms with Crippen LogP contribution >= 0.6 is 0 Å². The molecular weight excluding hydrogens is 496 g/mol. The molecule has 0 aliphatic carbocycles. The summed E-state index contributed by atoms with van der Waals surface area (Å²) < 4.78 is 6.26. The average molecular weight is 533 g/mol. The van der Waals surface area contributed by atoms with Gasteiger partial charge in [-0.15, -0.1) is 12.3 Å². The van der Waals surface area contributed by atoms with Crippen LogP contribution in [0.15, 0.2) is 60.7 Å². The van der Waals surface area contributed by atoms with Crippen molar-refractivity contribution in [1.29, 1.82) is 5.26 Å². The largest absolute Gasteiger partial charge is 0.493 e. The molecule has 1 N–H and O–H groups in total. The fourth-order valence-electron chi connectivity index (χ4n) is 5.26. The minimum Gasteiger partial charge on any atom is -0.493 e. The van der Waals surface area contributed by atoms with Gasteiger partial charge in [0.25, 0.3) is 0 Å². The van der Waals surface area contributed by atoms with Crippen LogP contribution in [-0.4, -0.2) is 35.2 Å². The smallest absolute Gasteiger partial charge is 0.320 e. The van der Waals surface area contributed by atoms with Gasteiger partial charge in [-0.1, -0.05) is 73.2 Å². The number of ether oxygens (including phenoxy) is 1. The van der Waals surface area contributed by atoms with Gasteiger partial charge in [0.15, 0.2) is 0 Å². The van der Waals surface area contributed by atoms with E-state index in [-0.39, 0.29) is 0 Å². The third kappa shape index (κ3) is 7.20. The number of carboxylic acid groups (broad SMARTS) is 1. The molecule has 0 radical (unpaired) electrons. The maximum Gasteiger partial charge on any atom is 0.320 e. The van der Waals surface area contributed by atoms with Crippen molar-refractivity contribution < 1.29 is 14.6 Å². The standard InChI is InChI=1S/C35H36N2O3/c1-3-4-5-11-21-40-34-23-29(26(2)22-30(34)25-37-20-10-9-17-33(37)35(38)39)19-18-28-15-12-16-31(32(28)24-36)27-13-7-6-8-14-27/h1,6-8,12-16,18-19,22-23,33H,4-5,9-11,17,20-21,25H2,2H3,(H,38,39)/b19-18+/t33-/m0/s1. The third-order valence-electron chi connectivity index (χ3n) is 7.43. The van der Waals surface area contributed by atoms with E-state index in [1.807, 2.05) is 66.7 Å². The predicted molar refractivity (Wildman–Crippen MR) is 161 cm³/mol. The highest BCUT2D eigenvalue weighted by atomic mass is 16.5. The number of hydrogen-bond acceptors (Lipinski definition) is 4. The second-order valence-electron chi connectivity index (χ2n) is 10.2. The summed E-state index contributed by atoms with van der Waals surface area (Å²) in [6, 6.07) is 21.9. The van der Waals surface area contributed by atoms with Crippen molar-refractivity contribution in [1.82, 2.24) is 4.90 Å². The van der Waals surface area contributed by atoms with Gasteiger partial charge in [-0.05, 0) is 67.5 Å². The molecule has 40 heavy (non-hydrogen) atoms. The highest BCUT2D eigenvalue weighted by Gasteiger charge is 2.29. The summed E-state index contributed by atoms with van der Waals surface area (Å²) in [5.74, 6) is 2.67. The Morgan fingerprint density at radius 2 is 1.90 bits per heavy atom. The monoisotopic (exact) mass is 532 g/mol. The van der Waals surface area contributed by atoms with E-state index in [1.165, 1.54) is 0 Å². The van der Waals surface area contributed by atoms with Gasteiger partial charge < -0.3 is 9.84 Å². The summed E-state index contributed by atoms with van der Waals surface area (Å²) in [4.78, 5) is 14.0. The summed E-state index contributed by atoms with van der Waals surface area (Å²) >= 11 is 0. The van der Waals surface area contributed by atoms with Crippen molar-refractivity contribution in [2.24, 2.45) is 0 Å². The van der Waals surface area contributed by atoms with E-state index in [1.54, 1.807) is 0 Å². The molecule has 204 valence electrons. The first-order valence-corrected chi connectivity index (χ1v) is 13.9. The van der Waals surface area contributed by atoms with Crippen molar-refractivity contribution in [3.05, 3.63) is 88.5 Å². The molecule has 1 heterocycles. The van der Waals surface area contributed by atoms with Crippen molar-refractivity contribution in [3.63, 3.8) is 0 Å². The van der Waals surface area contributed by atoms with Crippen LogP contribution in [0.1, 0.15) is 66.3 Å². The molecule has 0 amide bonds. The highest BCUT2D eigenvalue weighted by molar-refractivity contribution is 5.81. The molecule has 3 aromatic carbocycles. The predicted octanol–water partition coefficient (Wildman–Crippen LogP) is 7.33. The lowest BCUT2D eigenvalue weighted by Gasteiger charge is -2.33. The Morgan fingerprint density at radius 1 is 1.10 bits per heavy atom. The van der Waals surface area contributed by atoms with E-state index < -0.39 is 12.0 Å². The topological polar surface area (TPSA) is 73.6 Å². The van der Waals surface area contributed by atoms with Gasteiger partial charge in [0, 0.05) is 24.1 Å². The first-order chi connectivity index (χ1) is 19.5. The number of aliphatic carboxylic acids is 1. The second kappa shape index (κ2) is 14.2. The summed E-state index contributed by atoms with van der Waals surface area (Å²) in [6.45, 7) is 3.88. The third-order valence-corrected chi connectivity index (χ3v) is 7.43. The lowest BCUT2D eigenvalue weighted by atomic mass is 9.95. The number of nitrogens with zero attached hydrogens (tertiary/aromatic N) is 2. The number of unbranched alkanes of at least 4 members (excludes halogenated alkanes) is 2. The Labute approximate surface area is 237 Å². The molecule has 1 aliphatic heterocycles. The number of hydrogen-bond donors (Lipinski definition) is 1. The number of terminal acetylenes is 1. The van der Waals surface area contributed by atoms with Crippen molar-refractivity contribution >= 4 is 18.1 Å². The lowest BCUT2D eigenvalue weighted by Crippen LogP contribution is -2.44. The van der Waals surface area contributed by atoms with Gasteiger partial charge in [-0.2, -0.15) is 5.26 Å². The molecule has 1 atom stereocenters. The zero-order chi connectivity index (χ0) is 28.3. The van der Waals surface area contributed by atoms with Gasteiger partial charge in [-0.3, -0.25) is 9.69 Å². The molecule has 5 nitrogen and oxygen atoms in total. The summed E-state index contributed by atoms with van der Waals surface area (Å²) in [5.41, 5.74) is 6.44. The van der Waals surface area contributed by atoms with E-state index in [2.05, 4.69) is 29.9 Å². The zero-order valence-electron chi connectivity index (χ0n) is 23.1. The maximum atomic E-state index is 11.9. The van der Waals surface area contributed by atoms with E-state index in [0.29, 0.717) is 25.1 Å². The van der Waals surface area contributed by atoms with Crippen LogP contribution in [0.5, 0.6) is 5.75 Å². The van der Waals surface area contributed by atoms with Gasteiger partial charge >= 0.3 is 5.97 Å². The number of carbonyl (C=O) groups is 1. The molecule has 1 aliphatic rings. The van der Waals surface area contributed by atoms with Gasteiger partial charge in [0.05, 0.1) is 12.2 Å². The zero-order valence-corrected chi connectivity index (χ0v) is 23.1. The first-order valence-electron chi connectivity index (χ1n) is 13.9. The summed E-state index contributed by atoms with van der Waals surface area (Å²) in [5, 5.41) is 19.8. The van der Waals surface area contributed by atoms with Crippen LogP contribution in [0.3, 0.4) is 0 Å². The number of piperidine rings is 1. The Balaban J connectivity index is 1.64. The fraction of sp³-hybridized carbons (Fsp3) is 0.314. The average Bonchev–Trinajstić information content (AvgIpc) is 2.97. The SMILES string of the molecule is C#CCCCCOc1cc(/C=C/c2cccc(-c3ccccc3)c2C#N)c(C)cc1CN1CCCC[C@H]1C(=O)O. The molecular formula is C35H36N2O3. The van der Waals surface area contributed by atoms with E-state index in [9.17, 15) is 15.2 Å². The Morgan fingerprint density at radius 3 is 2.65 bits per heavy atom. The fourth-order valence-corrected chi connectivity index (χ4v) is 5.26. The van der Waals surface area contributed by atoms with Gasteiger partial charge in [-0.25, -0.2) is 0 Å². The molecule has 1 saturated heterocycles. The van der Waals surface area contributed by atoms with Crippen LogP contribution in [0, 0.1) is 30.6 Å². The maximum absolute atomic E-state index is 11.9. The number of aryl methyl sites for hydroxylation is 1. The molecule has 0 unspecified atom stereocenters. The van der Waals surface area contributed by atoms with Crippen LogP contribution in [0.2, 0.25) is 0 Å². The van der Waals surface area contributed by atoms with Crippen molar-refractivity contribution in [2.75, 3.05) is 13.2 Å². The molecule has 5 heteroatoms. The summed E-state index contributed by atoms with van der Waals surface area (Å²) in [6.07, 6.45) is 14.5. The first kappa shape index (κ1) is 28.7. The molecule has 1 fully saturated rings.